The number of hydrogen-bond donors (Lipinski definition) is 0. The van der Waals surface area contributed by atoms with Crippen LogP contribution in [-0.4, -0.2) is 19.1 Å². The summed E-state index contributed by atoms with van der Waals surface area (Å²) < 4.78 is 0. The molecule has 0 unspecified atom stereocenters. The van der Waals surface area contributed by atoms with E-state index in [0.29, 0.717) is 5.92 Å². The minimum absolute atomic E-state index is 0.407. The molecular formula is C8H16N2. The number of aliphatic imine (C=N–C) groups is 2. The third-order valence-electron chi connectivity index (χ3n) is 1.18. The maximum atomic E-state index is 4.25. The zero-order valence-corrected chi connectivity index (χ0v) is 7.09. The molecule has 0 aromatic carbocycles. The Balaban J connectivity index is 3.91. The maximum Gasteiger partial charge on any atom is 0.125 e. The first-order chi connectivity index (χ1) is 4.72. The Labute approximate surface area is 63.1 Å². The first-order valence-electron chi connectivity index (χ1n) is 3.73. The van der Waals surface area contributed by atoms with Gasteiger partial charge in [-0.25, -0.2) is 4.99 Å². The van der Waals surface area contributed by atoms with Gasteiger partial charge in [0.15, 0.2) is 0 Å². The van der Waals surface area contributed by atoms with Crippen LogP contribution in [0.25, 0.3) is 0 Å². The molecule has 0 radical (unpaired) electrons. The number of hydrogen-bond acceptors (Lipinski definition) is 1. The van der Waals surface area contributed by atoms with Crippen molar-refractivity contribution in [3.8, 4) is 0 Å². The molecule has 0 aromatic heterocycles. The van der Waals surface area contributed by atoms with Crippen LogP contribution in [0.15, 0.2) is 9.98 Å². The molecule has 0 bridgehead atoms. The van der Waals surface area contributed by atoms with Gasteiger partial charge in [-0.3, -0.25) is 4.99 Å². The van der Waals surface area contributed by atoms with Gasteiger partial charge in [-0.2, -0.15) is 0 Å². The molecule has 0 spiro atoms. The smallest absolute Gasteiger partial charge is 0.125 e. The molecule has 0 saturated heterocycles. The van der Waals surface area contributed by atoms with Crippen molar-refractivity contribution >= 4 is 12.6 Å². The number of nitrogens with zero attached hydrogens (tertiary/aromatic N) is 2. The summed E-state index contributed by atoms with van der Waals surface area (Å²) in [7, 11) is 0. The van der Waals surface area contributed by atoms with Crippen molar-refractivity contribution < 1.29 is 0 Å². The SMILES string of the molecule is C=N/C(=N\CCC)C(C)C. The van der Waals surface area contributed by atoms with Crippen molar-refractivity contribution in [2.24, 2.45) is 15.9 Å². The Morgan fingerprint density at radius 2 is 2.10 bits per heavy atom. The molecule has 2 nitrogen and oxygen atoms in total. The van der Waals surface area contributed by atoms with E-state index in [1.807, 2.05) is 0 Å². The van der Waals surface area contributed by atoms with E-state index < -0.39 is 0 Å². The van der Waals surface area contributed by atoms with Crippen molar-refractivity contribution in [3.05, 3.63) is 0 Å². The third-order valence-corrected chi connectivity index (χ3v) is 1.18. The fourth-order valence-electron chi connectivity index (χ4n) is 0.642. The summed E-state index contributed by atoms with van der Waals surface area (Å²) >= 11 is 0. The molecular weight excluding hydrogens is 124 g/mol. The van der Waals surface area contributed by atoms with Gasteiger partial charge >= 0.3 is 0 Å². The second-order valence-electron chi connectivity index (χ2n) is 2.55. The van der Waals surface area contributed by atoms with E-state index in [4.69, 9.17) is 0 Å². The van der Waals surface area contributed by atoms with Crippen molar-refractivity contribution in [1.29, 1.82) is 0 Å². The van der Waals surface area contributed by atoms with Gasteiger partial charge in [-0.05, 0) is 13.1 Å². The zero-order valence-electron chi connectivity index (χ0n) is 7.09. The van der Waals surface area contributed by atoms with Gasteiger partial charge in [0.2, 0.25) is 0 Å². The summed E-state index contributed by atoms with van der Waals surface area (Å²) in [6, 6.07) is 0. The number of rotatable bonds is 3. The summed E-state index contributed by atoms with van der Waals surface area (Å²) in [5.41, 5.74) is 0. The zero-order chi connectivity index (χ0) is 7.98. The lowest BCUT2D eigenvalue weighted by Crippen LogP contribution is -2.04. The van der Waals surface area contributed by atoms with Crippen molar-refractivity contribution in [3.63, 3.8) is 0 Å². The fourth-order valence-corrected chi connectivity index (χ4v) is 0.642. The van der Waals surface area contributed by atoms with Gasteiger partial charge in [-0.1, -0.05) is 20.8 Å². The summed E-state index contributed by atoms with van der Waals surface area (Å²) in [5, 5.41) is 0. The van der Waals surface area contributed by atoms with E-state index in [1.54, 1.807) is 0 Å². The Bertz CT molecular complexity index is 125. The van der Waals surface area contributed by atoms with E-state index >= 15 is 0 Å². The molecule has 0 rings (SSSR count). The van der Waals surface area contributed by atoms with E-state index in [9.17, 15) is 0 Å². The number of amidine groups is 1. The van der Waals surface area contributed by atoms with Crippen LogP contribution in [0.4, 0.5) is 0 Å². The minimum Gasteiger partial charge on any atom is -0.270 e. The molecule has 0 aliphatic heterocycles. The molecule has 0 heterocycles. The topological polar surface area (TPSA) is 24.7 Å². The fraction of sp³-hybridized carbons (Fsp3) is 0.750. The predicted octanol–water partition coefficient (Wildman–Crippen LogP) is 2.15. The highest BCUT2D eigenvalue weighted by Gasteiger charge is 1.99. The van der Waals surface area contributed by atoms with Gasteiger partial charge in [0.25, 0.3) is 0 Å². The predicted molar refractivity (Wildman–Crippen MR) is 47.0 cm³/mol. The van der Waals surface area contributed by atoms with E-state index in [-0.39, 0.29) is 0 Å². The first kappa shape index (κ1) is 9.34. The molecule has 0 fully saturated rings. The second-order valence-corrected chi connectivity index (χ2v) is 2.55. The molecule has 0 aromatic rings. The third kappa shape index (κ3) is 3.38. The van der Waals surface area contributed by atoms with Crippen LogP contribution in [0.5, 0.6) is 0 Å². The van der Waals surface area contributed by atoms with Crippen molar-refractivity contribution in [2.45, 2.75) is 27.2 Å². The highest BCUT2D eigenvalue weighted by molar-refractivity contribution is 5.87. The van der Waals surface area contributed by atoms with Crippen LogP contribution in [-0.2, 0) is 0 Å². The highest BCUT2D eigenvalue weighted by Crippen LogP contribution is 1.98. The largest absolute Gasteiger partial charge is 0.270 e. The molecule has 0 aliphatic carbocycles. The van der Waals surface area contributed by atoms with E-state index in [1.165, 1.54) is 0 Å². The molecule has 58 valence electrons. The van der Waals surface area contributed by atoms with Gasteiger partial charge in [0.1, 0.15) is 5.84 Å². The lowest BCUT2D eigenvalue weighted by Gasteiger charge is -2.02. The van der Waals surface area contributed by atoms with E-state index in [2.05, 4.69) is 37.5 Å². The molecule has 2 heteroatoms. The Morgan fingerprint density at radius 3 is 2.40 bits per heavy atom. The maximum absolute atomic E-state index is 4.25. The minimum atomic E-state index is 0.407. The molecule has 0 N–H and O–H groups in total. The Kier molecular flexibility index (Phi) is 4.81. The van der Waals surface area contributed by atoms with Crippen LogP contribution in [0.3, 0.4) is 0 Å². The Morgan fingerprint density at radius 1 is 1.50 bits per heavy atom. The van der Waals surface area contributed by atoms with E-state index in [0.717, 1.165) is 18.8 Å². The normalized spacial score (nSPS) is 12.2. The van der Waals surface area contributed by atoms with Crippen molar-refractivity contribution in [2.75, 3.05) is 6.54 Å². The lowest BCUT2D eigenvalue weighted by molar-refractivity contribution is 0.842. The van der Waals surface area contributed by atoms with Crippen LogP contribution >= 0.6 is 0 Å². The monoisotopic (exact) mass is 140 g/mol. The molecule has 0 saturated carbocycles. The molecule has 0 amide bonds. The standard InChI is InChI=1S/C8H16N2/c1-5-6-10-8(9-4)7(2)3/h7H,4-6H2,1-3H3/b10-8-. The summed E-state index contributed by atoms with van der Waals surface area (Å²) in [4.78, 5) is 8.07. The van der Waals surface area contributed by atoms with Crippen LogP contribution in [0.1, 0.15) is 27.2 Å². The van der Waals surface area contributed by atoms with Gasteiger partial charge in [-0.15, -0.1) is 0 Å². The van der Waals surface area contributed by atoms with Crippen LogP contribution < -0.4 is 0 Å². The quantitative estimate of drug-likeness (QED) is 0.424. The molecule has 0 aliphatic rings. The first-order valence-corrected chi connectivity index (χ1v) is 3.73. The van der Waals surface area contributed by atoms with Gasteiger partial charge < -0.3 is 0 Å². The van der Waals surface area contributed by atoms with Crippen LogP contribution in [0.2, 0.25) is 0 Å². The average molecular weight is 140 g/mol. The van der Waals surface area contributed by atoms with Gasteiger partial charge in [0.05, 0.1) is 0 Å². The highest BCUT2D eigenvalue weighted by atomic mass is 14.9. The summed E-state index contributed by atoms with van der Waals surface area (Å²) in [6.07, 6.45) is 1.08. The van der Waals surface area contributed by atoms with Crippen molar-refractivity contribution in [1.82, 2.24) is 0 Å². The summed E-state index contributed by atoms with van der Waals surface area (Å²) in [5.74, 6) is 1.28. The lowest BCUT2D eigenvalue weighted by atomic mass is 10.2. The van der Waals surface area contributed by atoms with Gasteiger partial charge in [0, 0.05) is 12.5 Å². The summed E-state index contributed by atoms with van der Waals surface area (Å²) in [6.45, 7) is 10.6. The molecule has 10 heavy (non-hydrogen) atoms. The van der Waals surface area contributed by atoms with Crippen LogP contribution in [0, 0.1) is 5.92 Å². The Hall–Kier alpha value is -0.660. The second kappa shape index (κ2) is 5.15. The molecule has 0 atom stereocenters. The average Bonchev–Trinajstić information content (AvgIpc) is 1.89.